The molecule has 0 fully saturated rings. The summed E-state index contributed by atoms with van der Waals surface area (Å²) in [5, 5.41) is 7.59. The van der Waals surface area contributed by atoms with E-state index in [1.54, 1.807) is 6.08 Å². The second kappa shape index (κ2) is 8.04. The van der Waals surface area contributed by atoms with E-state index in [1.807, 2.05) is 59.4 Å². The lowest BCUT2D eigenvalue weighted by Crippen LogP contribution is -2.14. The van der Waals surface area contributed by atoms with Crippen LogP contribution < -0.4 is 14.3 Å². The third-order valence-corrected chi connectivity index (χ3v) is 5.33. The van der Waals surface area contributed by atoms with E-state index in [1.165, 1.54) is 11.3 Å². The van der Waals surface area contributed by atoms with Crippen molar-refractivity contribution in [3.63, 3.8) is 0 Å². The van der Waals surface area contributed by atoms with E-state index in [4.69, 9.17) is 26.2 Å². The van der Waals surface area contributed by atoms with E-state index in [2.05, 4.69) is 11.6 Å². The minimum atomic E-state index is 0.250. The molecule has 2 heterocycles. The second-order valence-corrected chi connectivity index (χ2v) is 7.38. The molecular weight excluding hydrogens is 394 g/mol. The standard InChI is InChI=1S/C21H18ClN3O2S/c1-3-10-23-21-25(18(12-28-21)15-4-7-17(22)8-5-15)24-14(2)16-6-9-19-20(11-16)27-13-26-19/h3-9,11-12H,1,10,13H2,2H3. The predicted octanol–water partition coefficient (Wildman–Crippen LogP) is 4.96. The lowest BCUT2D eigenvalue weighted by Gasteiger charge is -2.07. The number of hydrogen-bond acceptors (Lipinski definition) is 5. The molecule has 1 aromatic heterocycles. The molecule has 0 bridgehead atoms. The van der Waals surface area contributed by atoms with Crippen LogP contribution in [-0.2, 0) is 0 Å². The van der Waals surface area contributed by atoms with Crippen molar-refractivity contribution in [1.29, 1.82) is 0 Å². The lowest BCUT2D eigenvalue weighted by molar-refractivity contribution is 0.174. The molecule has 0 unspecified atom stereocenters. The third-order valence-electron chi connectivity index (χ3n) is 4.22. The van der Waals surface area contributed by atoms with Crippen LogP contribution in [0.3, 0.4) is 0 Å². The van der Waals surface area contributed by atoms with Crippen LogP contribution in [0.4, 0.5) is 0 Å². The second-order valence-electron chi connectivity index (χ2n) is 6.11. The number of aromatic nitrogens is 1. The molecule has 28 heavy (non-hydrogen) atoms. The molecule has 0 N–H and O–H groups in total. The Morgan fingerprint density at radius 1 is 1.21 bits per heavy atom. The first-order valence-corrected chi connectivity index (χ1v) is 9.95. The fourth-order valence-electron chi connectivity index (χ4n) is 2.80. The van der Waals surface area contributed by atoms with Crippen molar-refractivity contribution in [2.24, 2.45) is 10.1 Å². The number of ether oxygens (including phenoxy) is 2. The Balaban J connectivity index is 1.80. The van der Waals surface area contributed by atoms with Crippen molar-refractivity contribution in [2.45, 2.75) is 6.92 Å². The van der Waals surface area contributed by atoms with Crippen molar-refractivity contribution in [2.75, 3.05) is 13.3 Å². The van der Waals surface area contributed by atoms with Crippen LogP contribution in [0.2, 0.25) is 5.02 Å². The molecule has 0 saturated carbocycles. The van der Waals surface area contributed by atoms with E-state index >= 15 is 0 Å². The van der Waals surface area contributed by atoms with Crippen LogP contribution in [0.1, 0.15) is 12.5 Å². The Morgan fingerprint density at radius 2 is 2.00 bits per heavy atom. The van der Waals surface area contributed by atoms with Crippen molar-refractivity contribution in [3.05, 3.63) is 75.9 Å². The van der Waals surface area contributed by atoms with Crippen LogP contribution in [0.15, 0.2) is 70.6 Å². The van der Waals surface area contributed by atoms with Gasteiger partial charge in [-0.1, -0.05) is 29.8 Å². The maximum atomic E-state index is 6.04. The van der Waals surface area contributed by atoms with Gasteiger partial charge in [-0.15, -0.1) is 17.9 Å². The minimum absolute atomic E-state index is 0.250. The highest BCUT2D eigenvalue weighted by Crippen LogP contribution is 2.32. The first-order valence-electron chi connectivity index (χ1n) is 8.69. The summed E-state index contributed by atoms with van der Waals surface area (Å²) >= 11 is 7.58. The molecule has 0 saturated heterocycles. The summed E-state index contributed by atoms with van der Waals surface area (Å²) in [5.74, 6) is 1.49. The molecule has 0 amide bonds. The summed E-state index contributed by atoms with van der Waals surface area (Å²) in [6.45, 7) is 6.49. The fraction of sp³-hybridized carbons (Fsp3) is 0.143. The molecule has 1 aliphatic heterocycles. The van der Waals surface area contributed by atoms with Crippen LogP contribution >= 0.6 is 22.9 Å². The number of halogens is 1. The first-order chi connectivity index (χ1) is 13.7. The van der Waals surface area contributed by atoms with E-state index in [0.717, 1.165) is 38.8 Å². The van der Waals surface area contributed by atoms with Crippen molar-refractivity contribution in [3.8, 4) is 22.8 Å². The van der Waals surface area contributed by atoms with Gasteiger partial charge in [-0.05, 0) is 37.3 Å². The van der Waals surface area contributed by atoms with Gasteiger partial charge in [0.1, 0.15) is 0 Å². The Labute approximate surface area is 171 Å². The average Bonchev–Trinajstić information content (AvgIpc) is 3.33. The quantitative estimate of drug-likeness (QED) is 0.440. The zero-order chi connectivity index (χ0) is 19.5. The average molecular weight is 412 g/mol. The molecule has 142 valence electrons. The smallest absolute Gasteiger partial charge is 0.231 e. The van der Waals surface area contributed by atoms with Crippen LogP contribution in [-0.4, -0.2) is 23.7 Å². The molecule has 2 aromatic carbocycles. The number of nitrogens with zero attached hydrogens (tertiary/aromatic N) is 3. The zero-order valence-corrected chi connectivity index (χ0v) is 16.8. The highest BCUT2D eigenvalue weighted by molar-refractivity contribution is 7.07. The number of rotatable bonds is 5. The zero-order valence-electron chi connectivity index (χ0n) is 15.3. The van der Waals surface area contributed by atoms with E-state index in [9.17, 15) is 0 Å². The maximum absolute atomic E-state index is 6.04. The van der Waals surface area contributed by atoms with Gasteiger partial charge in [0.25, 0.3) is 0 Å². The van der Waals surface area contributed by atoms with Crippen LogP contribution in [0.5, 0.6) is 11.5 Å². The topological polar surface area (TPSA) is 48.1 Å². The molecule has 3 aromatic rings. The Kier molecular flexibility index (Phi) is 5.32. The van der Waals surface area contributed by atoms with Gasteiger partial charge in [0, 0.05) is 21.5 Å². The normalized spacial score (nSPS) is 13.8. The molecule has 4 rings (SSSR count). The Bertz CT molecular complexity index is 1110. The summed E-state index contributed by atoms with van der Waals surface area (Å²) in [4.78, 5) is 5.37. The van der Waals surface area contributed by atoms with Gasteiger partial charge in [0.15, 0.2) is 11.5 Å². The van der Waals surface area contributed by atoms with Gasteiger partial charge < -0.3 is 9.47 Å². The largest absolute Gasteiger partial charge is 0.454 e. The summed E-state index contributed by atoms with van der Waals surface area (Å²) in [6, 6.07) is 13.5. The van der Waals surface area contributed by atoms with Gasteiger partial charge in [-0.3, -0.25) is 4.99 Å². The van der Waals surface area contributed by atoms with Gasteiger partial charge in [-0.25, -0.2) is 4.68 Å². The monoisotopic (exact) mass is 411 g/mol. The molecule has 5 nitrogen and oxygen atoms in total. The molecule has 1 aliphatic rings. The van der Waals surface area contributed by atoms with Crippen LogP contribution in [0.25, 0.3) is 11.3 Å². The van der Waals surface area contributed by atoms with E-state index in [-0.39, 0.29) is 6.79 Å². The number of hydrogen-bond donors (Lipinski definition) is 0. The molecule has 7 heteroatoms. The fourth-order valence-corrected chi connectivity index (χ4v) is 3.76. The summed E-state index contributed by atoms with van der Waals surface area (Å²) < 4.78 is 12.7. The summed E-state index contributed by atoms with van der Waals surface area (Å²) in [6.07, 6.45) is 1.76. The number of thiazole rings is 1. The third kappa shape index (κ3) is 3.74. The van der Waals surface area contributed by atoms with Crippen molar-refractivity contribution in [1.82, 2.24) is 4.68 Å². The predicted molar refractivity (Wildman–Crippen MR) is 114 cm³/mol. The molecular formula is C21H18ClN3O2S. The molecule has 0 aliphatic carbocycles. The molecule has 0 radical (unpaired) electrons. The van der Waals surface area contributed by atoms with Gasteiger partial charge in [0.05, 0.1) is 18.0 Å². The number of fused-ring (bicyclic) bond motifs is 1. The SMILES string of the molecule is C=CCN=c1scc(-c2ccc(Cl)cc2)n1N=C(C)c1ccc2c(c1)OCO2. The highest BCUT2D eigenvalue weighted by atomic mass is 35.5. The Hall–Kier alpha value is -2.83. The van der Waals surface area contributed by atoms with E-state index < -0.39 is 0 Å². The molecule has 0 spiro atoms. The van der Waals surface area contributed by atoms with Gasteiger partial charge in [-0.2, -0.15) is 5.10 Å². The number of benzene rings is 2. The summed E-state index contributed by atoms with van der Waals surface area (Å²) in [7, 11) is 0. The van der Waals surface area contributed by atoms with Crippen LogP contribution in [0, 0.1) is 0 Å². The minimum Gasteiger partial charge on any atom is -0.454 e. The van der Waals surface area contributed by atoms with Crippen molar-refractivity contribution < 1.29 is 9.47 Å². The Morgan fingerprint density at radius 3 is 2.79 bits per heavy atom. The maximum Gasteiger partial charge on any atom is 0.231 e. The van der Waals surface area contributed by atoms with E-state index in [0.29, 0.717) is 11.6 Å². The first kappa shape index (κ1) is 18.5. The lowest BCUT2D eigenvalue weighted by atomic mass is 10.1. The van der Waals surface area contributed by atoms with Gasteiger partial charge >= 0.3 is 0 Å². The van der Waals surface area contributed by atoms with Crippen molar-refractivity contribution >= 4 is 28.6 Å². The summed E-state index contributed by atoms with van der Waals surface area (Å²) in [5.41, 5.74) is 3.76. The molecule has 0 atom stereocenters. The highest BCUT2D eigenvalue weighted by Gasteiger charge is 2.15. The van der Waals surface area contributed by atoms with Gasteiger partial charge in [0.2, 0.25) is 11.6 Å².